The molecule has 0 N–H and O–H groups in total. The minimum absolute atomic E-state index is 0.889. The first-order valence-electron chi connectivity index (χ1n) is 4.55. The molecule has 13 heavy (non-hydrogen) atoms. The van der Waals surface area contributed by atoms with Crippen molar-refractivity contribution in [2.75, 3.05) is 0 Å². The van der Waals surface area contributed by atoms with Gasteiger partial charge in [-0.3, -0.25) is 4.79 Å². The van der Waals surface area contributed by atoms with Crippen molar-refractivity contribution in [1.29, 1.82) is 0 Å². The summed E-state index contributed by atoms with van der Waals surface area (Å²) in [5, 5.41) is 0. The molecule has 0 bridgehead atoms. The van der Waals surface area contributed by atoms with E-state index in [1.54, 1.807) is 0 Å². The standard InChI is InChI=1S/C12H12O/c1-9-3-2-4-11-6-5-10(8-13)7-12(9)11/h2-4,7-8H,5-6H2,1H3. The Kier molecular flexibility index (Phi) is 2.01. The molecular formula is C12H12O. The summed E-state index contributed by atoms with van der Waals surface area (Å²) < 4.78 is 0. The Hall–Kier alpha value is -1.37. The van der Waals surface area contributed by atoms with Gasteiger partial charge in [0.05, 0.1) is 0 Å². The monoisotopic (exact) mass is 172 g/mol. The van der Waals surface area contributed by atoms with Crippen molar-refractivity contribution in [3.63, 3.8) is 0 Å². The number of rotatable bonds is 1. The molecular weight excluding hydrogens is 160 g/mol. The summed E-state index contributed by atoms with van der Waals surface area (Å²) in [6, 6.07) is 6.30. The van der Waals surface area contributed by atoms with Gasteiger partial charge in [-0.05, 0) is 48.1 Å². The quantitative estimate of drug-likeness (QED) is 0.595. The molecule has 0 atom stereocenters. The Labute approximate surface area is 78.1 Å². The third kappa shape index (κ3) is 1.42. The van der Waals surface area contributed by atoms with Crippen molar-refractivity contribution in [2.45, 2.75) is 19.8 Å². The Bertz CT molecular complexity index is 375. The van der Waals surface area contributed by atoms with Crippen molar-refractivity contribution >= 4 is 12.4 Å². The number of hydrogen-bond acceptors (Lipinski definition) is 1. The van der Waals surface area contributed by atoms with E-state index < -0.39 is 0 Å². The summed E-state index contributed by atoms with van der Waals surface area (Å²) in [4.78, 5) is 10.6. The molecule has 0 radical (unpaired) electrons. The van der Waals surface area contributed by atoms with Crippen LogP contribution in [0.5, 0.6) is 0 Å². The first kappa shape index (κ1) is 8.24. The molecule has 66 valence electrons. The van der Waals surface area contributed by atoms with Crippen LogP contribution in [0, 0.1) is 6.92 Å². The third-order valence-corrected chi connectivity index (χ3v) is 2.58. The van der Waals surface area contributed by atoms with Crippen LogP contribution in [-0.4, -0.2) is 6.29 Å². The van der Waals surface area contributed by atoms with E-state index in [1.807, 2.05) is 6.08 Å². The van der Waals surface area contributed by atoms with Gasteiger partial charge in [0.15, 0.2) is 0 Å². The highest BCUT2D eigenvalue weighted by atomic mass is 16.1. The maximum atomic E-state index is 10.6. The average Bonchev–Trinajstić information content (AvgIpc) is 2.18. The Balaban J connectivity index is 2.55. The third-order valence-electron chi connectivity index (χ3n) is 2.58. The van der Waals surface area contributed by atoms with Crippen LogP contribution in [0.2, 0.25) is 0 Å². The molecule has 1 heteroatoms. The zero-order valence-electron chi connectivity index (χ0n) is 7.71. The lowest BCUT2D eigenvalue weighted by atomic mass is 9.90. The lowest BCUT2D eigenvalue weighted by Crippen LogP contribution is -2.01. The van der Waals surface area contributed by atoms with E-state index in [0.717, 1.165) is 24.7 Å². The average molecular weight is 172 g/mol. The molecule has 1 nitrogen and oxygen atoms in total. The van der Waals surface area contributed by atoms with Crippen LogP contribution in [0.4, 0.5) is 0 Å². The second-order valence-corrected chi connectivity index (χ2v) is 3.48. The minimum atomic E-state index is 0.889. The van der Waals surface area contributed by atoms with E-state index in [-0.39, 0.29) is 0 Å². The largest absolute Gasteiger partial charge is 0.298 e. The molecule has 1 aliphatic rings. The molecule has 0 aromatic heterocycles. The number of fused-ring (bicyclic) bond motifs is 1. The van der Waals surface area contributed by atoms with Crippen molar-refractivity contribution in [3.8, 4) is 0 Å². The lowest BCUT2D eigenvalue weighted by molar-refractivity contribution is -0.105. The molecule has 0 spiro atoms. The smallest absolute Gasteiger partial charge is 0.146 e. The molecule has 0 heterocycles. The van der Waals surface area contributed by atoms with E-state index in [2.05, 4.69) is 25.1 Å². The molecule has 0 saturated heterocycles. The van der Waals surface area contributed by atoms with Gasteiger partial charge in [0.2, 0.25) is 0 Å². The number of aryl methyl sites for hydroxylation is 2. The van der Waals surface area contributed by atoms with Crippen LogP contribution in [0.3, 0.4) is 0 Å². The zero-order chi connectivity index (χ0) is 9.26. The maximum Gasteiger partial charge on any atom is 0.146 e. The molecule has 0 unspecified atom stereocenters. The van der Waals surface area contributed by atoms with Crippen molar-refractivity contribution in [2.24, 2.45) is 0 Å². The van der Waals surface area contributed by atoms with Crippen molar-refractivity contribution < 1.29 is 4.79 Å². The van der Waals surface area contributed by atoms with Crippen LogP contribution in [0.1, 0.15) is 23.1 Å². The van der Waals surface area contributed by atoms with Gasteiger partial charge in [-0.15, -0.1) is 0 Å². The van der Waals surface area contributed by atoms with Crippen LogP contribution in [0.15, 0.2) is 23.8 Å². The van der Waals surface area contributed by atoms with Gasteiger partial charge < -0.3 is 0 Å². The van der Waals surface area contributed by atoms with Gasteiger partial charge in [0.1, 0.15) is 6.29 Å². The molecule has 1 aliphatic carbocycles. The Morgan fingerprint density at radius 1 is 1.31 bits per heavy atom. The normalized spacial score (nSPS) is 14.7. The predicted octanol–water partition coefficient (Wildman–Crippen LogP) is 2.52. The molecule has 0 amide bonds. The number of carbonyl (C=O) groups is 1. The van der Waals surface area contributed by atoms with Crippen LogP contribution < -0.4 is 0 Å². The van der Waals surface area contributed by atoms with E-state index in [9.17, 15) is 4.79 Å². The molecule has 1 aromatic carbocycles. The number of allylic oxidation sites excluding steroid dienone is 1. The number of benzene rings is 1. The van der Waals surface area contributed by atoms with E-state index >= 15 is 0 Å². The van der Waals surface area contributed by atoms with Gasteiger partial charge in [0.25, 0.3) is 0 Å². The fraction of sp³-hybridized carbons (Fsp3) is 0.250. The summed E-state index contributed by atoms with van der Waals surface area (Å²) in [5.41, 5.74) is 4.79. The Morgan fingerprint density at radius 2 is 2.15 bits per heavy atom. The SMILES string of the molecule is Cc1cccc2c1C=C(C=O)CC2. The fourth-order valence-electron chi connectivity index (χ4n) is 1.80. The minimum Gasteiger partial charge on any atom is -0.298 e. The fourth-order valence-corrected chi connectivity index (χ4v) is 1.80. The maximum absolute atomic E-state index is 10.6. The molecule has 2 rings (SSSR count). The highest BCUT2D eigenvalue weighted by Crippen LogP contribution is 2.25. The van der Waals surface area contributed by atoms with Gasteiger partial charge in [-0.1, -0.05) is 18.2 Å². The van der Waals surface area contributed by atoms with Crippen molar-refractivity contribution in [3.05, 3.63) is 40.5 Å². The lowest BCUT2D eigenvalue weighted by Gasteiger charge is -2.14. The van der Waals surface area contributed by atoms with Gasteiger partial charge in [-0.25, -0.2) is 0 Å². The van der Waals surface area contributed by atoms with E-state index in [0.29, 0.717) is 0 Å². The zero-order valence-corrected chi connectivity index (χ0v) is 7.71. The second-order valence-electron chi connectivity index (χ2n) is 3.48. The first-order valence-corrected chi connectivity index (χ1v) is 4.55. The molecule has 1 aromatic rings. The van der Waals surface area contributed by atoms with Gasteiger partial charge >= 0.3 is 0 Å². The second kappa shape index (κ2) is 3.17. The summed E-state index contributed by atoms with van der Waals surface area (Å²) in [7, 11) is 0. The molecule has 0 aliphatic heterocycles. The van der Waals surface area contributed by atoms with Crippen LogP contribution >= 0.6 is 0 Å². The predicted molar refractivity (Wildman–Crippen MR) is 53.5 cm³/mol. The highest BCUT2D eigenvalue weighted by molar-refractivity contribution is 5.84. The first-order chi connectivity index (χ1) is 6.31. The summed E-state index contributed by atoms with van der Waals surface area (Å²) in [6.07, 6.45) is 4.87. The summed E-state index contributed by atoms with van der Waals surface area (Å²) in [5.74, 6) is 0. The molecule has 0 saturated carbocycles. The molecule has 0 fully saturated rings. The van der Waals surface area contributed by atoms with E-state index in [4.69, 9.17) is 0 Å². The topological polar surface area (TPSA) is 17.1 Å². The van der Waals surface area contributed by atoms with Gasteiger partial charge in [0, 0.05) is 0 Å². The number of carbonyl (C=O) groups excluding carboxylic acids is 1. The highest BCUT2D eigenvalue weighted by Gasteiger charge is 2.10. The van der Waals surface area contributed by atoms with Gasteiger partial charge in [-0.2, -0.15) is 0 Å². The van der Waals surface area contributed by atoms with Crippen LogP contribution in [0.25, 0.3) is 6.08 Å². The van der Waals surface area contributed by atoms with E-state index in [1.165, 1.54) is 16.7 Å². The summed E-state index contributed by atoms with van der Waals surface area (Å²) >= 11 is 0. The van der Waals surface area contributed by atoms with Crippen molar-refractivity contribution in [1.82, 2.24) is 0 Å². The van der Waals surface area contributed by atoms with Crippen LogP contribution in [-0.2, 0) is 11.2 Å². The number of aldehydes is 1. The number of hydrogen-bond donors (Lipinski definition) is 0. The Morgan fingerprint density at radius 3 is 2.92 bits per heavy atom. The summed E-state index contributed by atoms with van der Waals surface area (Å²) in [6.45, 7) is 2.09.